The highest BCUT2D eigenvalue weighted by Gasteiger charge is 2.19. The van der Waals surface area contributed by atoms with Gasteiger partial charge in [0.15, 0.2) is 11.2 Å². The molecule has 11 aromatic rings. The first kappa shape index (κ1) is 27.2. The SMILES string of the molecule is [2H]c1cc(N(c2ccc3nc(-c4ccccc4)oc3c2)c2ccc3nc(-c4ccccc4)oc3c2)c([2H])c2c([2H])cc(-c3cccc4cc5ccccc5cc34)c([2H])c12. The van der Waals surface area contributed by atoms with Gasteiger partial charge in [0.05, 0.1) is 5.48 Å². The summed E-state index contributed by atoms with van der Waals surface area (Å²) in [6.07, 6.45) is 0. The zero-order valence-electron chi connectivity index (χ0n) is 33.2. The molecule has 0 aliphatic heterocycles. The van der Waals surface area contributed by atoms with Crippen molar-refractivity contribution in [1.82, 2.24) is 9.97 Å². The minimum absolute atomic E-state index is 0.00949. The Morgan fingerprint density at radius 2 is 0.982 bits per heavy atom. The van der Waals surface area contributed by atoms with Crippen molar-refractivity contribution >= 4 is 71.6 Å². The Bertz CT molecular complexity index is 3340. The van der Waals surface area contributed by atoms with Gasteiger partial charge in [-0.05, 0) is 122 Å². The van der Waals surface area contributed by atoms with Crippen LogP contribution in [0.15, 0.2) is 197 Å². The van der Waals surface area contributed by atoms with Crippen molar-refractivity contribution in [1.29, 1.82) is 0 Å². The van der Waals surface area contributed by atoms with Gasteiger partial charge in [0.1, 0.15) is 11.0 Å². The lowest BCUT2D eigenvalue weighted by Crippen LogP contribution is -2.09. The molecular formula is C50H31N3O2. The second-order valence-electron chi connectivity index (χ2n) is 13.5. The minimum Gasteiger partial charge on any atom is -0.436 e. The molecule has 0 saturated heterocycles. The van der Waals surface area contributed by atoms with Gasteiger partial charge in [-0.1, -0.05) is 97.0 Å². The van der Waals surface area contributed by atoms with E-state index in [0.29, 0.717) is 56.6 Å². The molecule has 0 spiro atoms. The highest BCUT2D eigenvalue weighted by Crippen LogP contribution is 2.41. The summed E-state index contributed by atoms with van der Waals surface area (Å²) in [7, 11) is 0. The molecule has 5 nitrogen and oxygen atoms in total. The first-order valence-corrected chi connectivity index (χ1v) is 18.1. The van der Waals surface area contributed by atoms with Gasteiger partial charge in [-0.25, -0.2) is 9.97 Å². The fourth-order valence-corrected chi connectivity index (χ4v) is 7.37. The molecule has 0 amide bonds. The molecule has 9 aromatic carbocycles. The van der Waals surface area contributed by atoms with Crippen LogP contribution in [0.4, 0.5) is 17.1 Å². The summed E-state index contributed by atoms with van der Waals surface area (Å²) in [5.74, 6) is 0.969. The van der Waals surface area contributed by atoms with Crippen LogP contribution < -0.4 is 4.90 Å². The van der Waals surface area contributed by atoms with Gasteiger partial charge in [-0.2, -0.15) is 0 Å². The van der Waals surface area contributed by atoms with Crippen LogP contribution in [-0.4, -0.2) is 9.97 Å². The molecular weight excluding hydrogens is 675 g/mol. The second kappa shape index (κ2) is 12.6. The molecule has 0 bridgehead atoms. The largest absolute Gasteiger partial charge is 0.436 e. The summed E-state index contributed by atoms with van der Waals surface area (Å²) < 4.78 is 50.8. The van der Waals surface area contributed by atoms with Crippen LogP contribution in [0.1, 0.15) is 5.48 Å². The smallest absolute Gasteiger partial charge is 0.227 e. The molecule has 258 valence electrons. The van der Waals surface area contributed by atoms with E-state index in [1.807, 2.05) is 132 Å². The third-order valence-corrected chi connectivity index (χ3v) is 10.1. The van der Waals surface area contributed by atoms with Crippen LogP contribution in [0.25, 0.3) is 88.6 Å². The van der Waals surface area contributed by atoms with E-state index in [-0.39, 0.29) is 34.9 Å². The summed E-state index contributed by atoms with van der Waals surface area (Å²) in [5.41, 5.74) is 7.07. The van der Waals surface area contributed by atoms with E-state index in [1.54, 1.807) is 12.1 Å². The number of nitrogens with zero attached hydrogens (tertiary/aromatic N) is 3. The van der Waals surface area contributed by atoms with Crippen LogP contribution in [0, 0.1) is 0 Å². The summed E-state index contributed by atoms with van der Waals surface area (Å²) in [6, 6.07) is 52.5. The Labute approximate surface area is 322 Å². The Morgan fingerprint density at radius 1 is 0.418 bits per heavy atom. The highest BCUT2D eigenvalue weighted by atomic mass is 16.4. The zero-order valence-corrected chi connectivity index (χ0v) is 29.2. The van der Waals surface area contributed by atoms with Crippen LogP contribution in [-0.2, 0) is 0 Å². The fraction of sp³-hybridized carbons (Fsp3) is 0. The maximum atomic E-state index is 9.76. The number of benzene rings is 9. The highest BCUT2D eigenvalue weighted by molar-refractivity contribution is 6.06. The van der Waals surface area contributed by atoms with E-state index >= 15 is 0 Å². The molecule has 11 rings (SSSR count). The number of aromatic nitrogens is 2. The lowest BCUT2D eigenvalue weighted by atomic mass is 9.94. The average Bonchev–Trinajstić information content (AvgIpc) is 3.90. The van der Waals surface area contributed by atoms with Crippen LogP contribution in [0.5, 0.6) is 0 Å². The summed E-state index contributed by atoms with van der Waals surface area (Å²) in [6.45, 7) is 0. The van der Waals surface area contributed by atoms with E-state index in [4.69, 9.17) is 18.8 Å². The van der Waals surface area contributed by atoms with E-state index in [0.717, 1.165) is 38.2 Å². The molecule has 0 unspecified atom stereocenters. The third-order valence-electron chi connectivity index (χ3n) is 10.1. The maximum absolute atomic E-state index is 9.76. The number of hydrogen-bond acceptors (Lipinski definition) is 5. The van der Waals surface area contributed by atoms with Gasteiger partial charge >= 0.3 is 0 Å². The third kappa shape index (κ3) is 5.49. The summed E-state index contributed by atoms with van der Waals surface area (Å²) >= 11 is 0. The summed E-state index contributed by atoms with van der Waals surface area (Å²) in [4.78, 5) is 11.3. The standard InChI is InChI=1S/C50H31N3O2/c1-3-10-32(11-4-1)49-51-45-24-22-41(30-47(45)54-49)53(42-23-25-46-48(31-42)55-50(52-46)33-12-5-2-6-13-33)40-21-20-36-27-39(19-18-37(36)28-40)43-17-9-16-38-26-34-14-7-8-15-35(34)29-44(38)43/h1-31H/i18D,20D,27D,28D. The number of fused-ring (bicyclic) bond motifs is 5. The van der Waals surface area contributed by atoms with Gasteiger partial charge in [-0.15, -0.1) is 0 Å². The lowest BCUT2D eigenvalue weighted by Gasteiger charge is -2.25. The molecule has 5 heteroatoms. The number of rotatable bonds is 6. The van der Waals surface area contributed by atoms with Crippen LogP contribution in [0.2, 0.25) is 0 Å². The van der Waals surface area contributed by atoms with Crippen LogP contribution >= 0.6 is 0 Å². The van der Waals surface area contributed by atoms with Crippen molar-refractivity contribution in [2.45, 2.75) is 0 Å². The molecule has 0 fully saturated rings. The van der Waals surface area contributed by atoms with E-state index in [1.165, 1.54) is 0 Å². The van der Waals surface area contributed by atoms with Gasteiger partial charge in [0.25, 0.3) is 0 Å². The predicted octanol–water partition coefficient (Wildman–Crippen LogP) is 13.9. The summed E-state index contributed by atoms with van der Waals surface area (Å²) in [5, 5.41) is 4.63. The Morgan fingerprint density at radius 3 is 1.64 bits per heavy atom. The Balaban J connectivity index is 1.11. The first-order valence-electron chi connectivity index (χ1n) is 20.1. The first-order chi connectivity index (χ1) is 28.9. The molecule has 0 aliphatic carbocycles. The fourth-order valence-electron chi connectivity index (χ4n) is 7.37. The monoisotopic (exact) mass is 709 g/mol. The average molecular weight is 710 g/mol. The maximum Gasteiger partial charge on any atom is 0.227 e. The molecule has 0 aliphatic rings. The molecule has 0 atom stereocenters. The van der Waals surface area contributed by atoms with Gasteiger partial charge in [0, 0.05) is 40.3 Å². The van der Waals surface area contributed by atoms with Crippen molar-refractivity contribution in [3.05, 3.63) is 188 Å². The number of hydrogen-bond donors (Lipinski definition) is 0. The van der Waals surface area contributed by atoms with E-state index in [9.17, 15) is 5.48 Å². The normalized spacial score (nSPS) is 12.7. The van der Waals surface area contributed by atoms with Gasteiger partial charge in [-0.3, -0.25) is 0 Å². The van der Waals surface area contributed by atoms with Crippen molar-refractivity contribution in [3.63, 3.8) is 0 Å². The molecule has 55 heavy (non-hydrogen) atoms. The quantitative estimate of drug-likeness (QED) is 0.161. The Kier molecular flexibility index (Phi) is 6.21. The number of oxazole rings is 2. The van der Waals surface area contributed by atoms with Crippen LogP contribution in [0.3, 0.4) is 0 Å². The Hall–Kier alpha value is -7.50. The molecule has 0 radical (unpaired) electrons. The van der Waals surface area contributed by atoms with Gasteiger partial charge < -0.3 is 13.7 Å². The van der Waals surface area contributed by atoms with E-state index in [2.05, 4.69) is 24.3 Å². The predicted molar refractivity (Wildman–Crippen MR) is 225 cm³/mol. The molecule has 0 saturated carbocycles. The minimum atomic E-state index is 0.00949. The molecule has 2 heterocycles. The topological polar surface area (TPSA) is 55.3 Å². The van der Waals surface area contributed by atoms with Crippen molar-refractivity contribution in [3.8, 4) is 34.0 Å². The lowest BCUT2D eigenvalue weighted by molar-refractivity contribution is 0.620. The molecule has 2 aromatic heterocycles. The van der Waals surface area contributed by atoms with Gasteiger partial charge in [0.2, 0.25) is 11.8 Å². The van der Waals surface area contributed by atoms with Crippen molar-refractivity contribution in [2.75, 3.05) is 4.90 Å². The second-order valence-corrected chi connectivity index (χ2v) is 13.5. The van der Waals surface area contributed by atoms with Crippen molar-refractivity contribution in [2.24, 2.45) is 0 Å². The number of anilines is 3. The zero-order chi connectivity index (χ0) is 39.8. The van der Waals surface area contributed by atoms with Crippen molar-refractivity contribution < 1.29 is 14.3 Å². The van der Waals surface area contributed by atoms with E-state index < -0.39 is 0 Å². The molecule has 0 N–H and O–H groups in total.